The third kappa shape index (κ3) is 4.79. The second-order valence-corrected chi connectivity index (χ2v) is 8.37. The van der Waals surface area contributed by atoms with E-state index < -0.39 is 0 Å². The fourth-order valence-corrected chi connectivity index (χ4v) is 4.22. The van der Waals surface area contributed by atoms with Crippen LogP contribution < -0.4 is 10.2 Å². The first-order valence-electron chi connectivity index (χ1n) is 10.8. The third-order valence-corrected chi connectivity index (χ3v) is 6.01. The number of nitrogens with zero attached hydrogens (tertiary/aromatic N) is 3. The van der Waals surface area contributed by atoms with E-state index in [4.69, 9.17) is 11.6 Å². The number of aliphatic hydroxyl groups excluding tert-OH is 1. The minimum Gasteiger partial charge on any atom is -0.393 e. The molecular weight excluding hydrogens is 431 g/mol. The largest absolute Gasteiger partial charge is 0.393 e. The average Bonchev–Trinajstić information content (AvgIpc) is 3.22. The predicted molar refractivity (Wildman–Crippen MR) is 123 cm³/mol. The molecule has 2 N–H and O–H groups in total. The molecular formula is C24H26ClFN4O2. The highest BCUT2D eigenvalue weighted by atomic mass is 35.5. The van der Waals surface area contributed by atoms with Crippen LogP contribution in [0.2, 0.25) is 5.02 Å². The number of benzene rings is 2. The first-order valence-corrected chi connectivity index (χ1v) is 11.2. The van der Waals surface area contributed by atoms with Gasteiger partial charge in [0.25, 0.3) is 5.91 Å². The quantitative estimate of drug-likeness (QED) is 0.585. The van der Waals surface area contributed by atoms with Gasteiger partial charge in [0.15, 0.2) is 0 Å². The number of carbonyl (C=O) groups excluding carboxylic acids is 1. The summed E-state index contributed by atoms with van der Waals surface area (Å²) in [4.78, 5) is 14.8. The molecule has 2 heterocycles. The van der Waals surface area contributed by atoms with E-state index in [-0.39, 0.29) is 24.4 Å². The summed E-state index contributed by atoms with van der Waals surface area (Å²) in [5, 5.41) is 17.5. The zero-order valence-electron chi connectivity index (χ0n) is 17.9. The Balaban J connectivity index is 1.44. The molecule has 2 aromatic carbocycles. The highest BCUT2D eigenvalue weighted by Gasteiger charge is 2.20. The summed E-state index contributed by atoms with van der Waals surface area (Å²) in [5.41, 5.74) is 3.26. The maximum atomic E-state index is 14.7. The summed E-state index contributed by atoms with van der Waals surface area (Å²) in [7, 11) is 0. The molecule has 0 bridgehead atoms. The van der Waals surface area contributed by atoms with Crippen molar-refractivity contribution in [2.24, 2.45) is 0 Å². The van der Waals surface area contributed by atoms with Gasteiger partial charge < -0.3 is 15.3 Å². The summed E-state index contributed by atoms with van der Waals surface area (Å²) in [6.45, 7) is 3.43. The van der Waals surface area contributed by atoms with Crippen LogP contribution in [0.15, 0.2) is 48.7 Å². The van der Waals surface area contributed by atoms with Gasteiger partial charge in [-0.1, -0.05) is 30.7 Å². The number of anilines is 1. The molecule has 1 fully saturated rings. The van der Waals surface area contributed by atoms with E-state index in [1.54, 1.807) is 29.1 Å². The summed E-state index contributed by atoms with van der Waals surface area (Å²) in [5.74, 6) is -0.583. The Labute approximate surface area is 191 Å². The zero-order chi connectivity index (χ0) is 22.7. The zero-order valence-corrected chi connectivity index (χ0v) is 18.6. The van der Waals surface area contributed by atoms with Crippen molar-refractivity contribution in [3.8, 4) is 5.69 Å². The molecule has 0 radical (unpaired) electrons. The van der Waals surface area contributed by atoms with Gasteiger partial charge in [0, 0.05) is 24.7 Å². The lowest BCUT2D eigenvalue weighted by atomic mass is 10.1. The Kier molecular flexibility index (Phi) is 6.77. The van der Waals surface area contributed by atoms with Crippen LogP contribution in [0.25, 0.3) is 5.69 Å². The standard InChI is InChI=1S/C24H26ClFN4O2/c1-2-22-20(15-28-30(22)18-5-3-4-17(25)13-18)24(32)27-14-16-6-7-23(21(26)12-16)29-10-8-19(31)9-11-29/h3-7,12-13,15,19,31H,2,8-11,14H2,1H3,(H,27,32). The van der Waals surface area contributed by atoms with Gasteiger partial charge in [-0.3, -0.25) is 4.79 Å². The Hall–Kier alpha value is -2.90. The molecule has 0 spiro atoms. The number of nitrogens with one attached hydrogen (secondary N) is 1. The highest BCUT2D eigenvalue weighted by Crippen LogP contribution is 2.24. The number of piperidine rings is 1. The number of carbonyl (C=O) groups is 1. The molecule has 0 aliphatic carbocycles. The first kappa shape index (κ1) is 22.3. The lowest BCUT2D eigenvalue weighted by Crippen LogP contribution is -2.36. The molecule has 4 rings (SSSR count). The number of halogens is 2. The second kappa shape index (κ2) is 9.71. The van der Waals surface area contributed by atoms with E-state index in [2.05, 4.69) is 10.4 Å². The monoisotopic (exact) mass is 456 g/mol. The van der Waals surface area contributed by atoms with Gasteiger partial charge in [-0.25, -0.2) is 9.07 Å². The van der Waals surface area contributed by atoms with Crippen molar-refractivity contribution in [2.75, 3.05) is 18.0 Å². The van der Waals surface area contributed by atoms with Gasteiger partial charge in [0.2, 0.25) is 0 Å². The summed E-state index contributed by atoms with van der Waals surface area (Å²) >= 11 is 6.09. The van der Waals surface area contributed by atoms with E-state index in [0.717, 1.165) is 11.4 Å². The van der Waals surface area contributed by atoms with Crippen molar-refractivity contribution in [1.29, 1.82) is 0 Å². The molecule has 0 saturated carbocycles. The van der Waals surface area contributed by atoms with Crippen LogP contribution in [-0.2, 0) is 13.0 Å². The molecule has 3 aromatic rings. The number of aromatic nitrogens is 2. The fourth-order valence-electron chi connectivity index (χ4n) is 4.04. The maximum Gasteiger partial charge on any atom is 0.255 e. The van der Waals surface area contributed by atoms with Crippen LogP contribution in [0.3, 0.4) is 0 Å². The molecule has 1 aliphatic heterocycles. The predicted octanol–water partition coefficient (Wildman–Crippen LogP) is 4.12. The molecule has 0 atom stereocenters. The van der Waals surface area contributed by atoms with Gasteiger partial charge in [-0.15, -0.1) is 0 Å². The Morgan fingerprint density at radius 2 is 2.03 bits per heavy atom. The highest BCUT2D eigenvalue weighted by molar-refractivity contribution is 6.30. The molecule has 1 saturated heterocycles. The topological polar surface area (TPSA) is 70.4 Å². The number of hydrogen-bond acceptors (Lipinski definition) is 4. The van der Waals surface area contributed by atoms with Crippen molar-refractivity contribution in [3.63, 3.8) is 0 Å². The van der Waals surface area contributed by atoms with E-state index in [1.165, 1.54) is 6.07 Å². The van der Waals surface area contributed by atoms with Gasteiger partial charge in [-0.2, -0.15) is 5.10 Å². The van der Waals surface area contributed by atoms with Crippen molar-refractivity contribution >= 4 is 23.2 Å². The van der Waals surface area contributed by atoms with Crippen LogP contribution in [0.1, 0.15) is 41.4 Å². The normalized spacial score (nSPS) is 14.6. The first-order chi connectivity index (χ1) is 15.5. The molecule has 0 unspecified atom stereocenters. The fraction of sp³-hybridized carbons (Fsp3) is 0.333. The lowest BCUT2D eigenvalue weighted by Gasteiger charge is -2.31. The van der Waals surface area contributed by atoms with Gasteiger partial charge in [0.05, 0.1) is 34.9 Å². The lowest BCUT2D eigenvalue weighted by molar-refractivity contribution is 0.0950. The van der Waals surface area contributed by atoms with Crippen LogP contribution in [-0.4, -0.2) is 40.0 Å². The third-order valence-electron chi connectivity index (χ3n) is 5.77. The Morgan fingerprint density at radius 1 is 1.25 bits per heavy atom. The summed E-state index contributed by atoms with van der Waals surface area (Å²) < 4.78 is 16.4. The SMILES string of the molecule is CCc1c(C(=O)NCc2ccc(N3CCC(O)CC3)c(F)c2)cnn1-c1cccc(Cl)c1. The summed E-state index contributed by atoms with van der Waals surface area (Å²) in [6.07, 6.45) is 3.13. The smallest absolute Gasteiger partial charge is 0.255 e. The van der Waals surface area contributed by atoms with Crippen LogP contribution >= 0.6 is 11.6 Å². The van der Waals surface area contributed by atoms with Crippen LogP contribution in [0, 0.1) is 5.82 Å². The van der Waals surface area contributed by atoms with E-state index in [9.17, 15) is 14.3 Å². The number of aliphatic hydroxyl groups is 1. The molecule has 1 amide bonds. The second-order valence-electron chi connectivity index (χ2n) is 7.94. The summed E-state index contributed by atoms with van der Waals surface area (Å²) in [6, 6.07) is 12.3. The van der Waals surface area contributed by atoms with E-state index in [1.807, 2.05) is 30.0 Å². The maximum absolute atomic E-state index is 14.7. The number of amides is 1. The van der Waals surface area contributed by atoms with Gasteiger partial charge >= 0.3 is 0 Å². The molecule has 6 nitrogen and oxygen atoms in total. The molecule has 8 heteroatoms. The van der Waals surface area contributed by atoms with Crippen molar-refractivity contribution < 1.29 is 14.3 Å². The molecule has 1 aliphatic rings. The van der Waals surface area contributed by atoms with Crippen LogP contribution in [0.4, 0.5) is 10.1 Å². The van der Waals surface area contributed by atoms with E-state index in [0.29, 0.717) is 54.2 Å². The molecule has 1 aromatic heterocycles. The average molecular weight is 457 g/mol. The number of hydrogen-bond donors (Lipinski definition) is 2. The van der Waals surface area contributed by atoms with Crippen LogP contribution in [0.5, 0.6) is 0 Å². The minimum absolute atomic E-state index is 0.209. The van der Waals surface area contributed by atoms with Crippen molar-refractivity contribution in [1.82, 2.24) is 15.1 Å². The van der Waals surface area contributed by atoms with Crippen molar-refractivity contribution in [2.45, 2.75) is 38.8 Å². The molecule has 32 heavy (non-hydrogen) atoms. The van der Waals surface area contributed by atoms with Crippen molar-refractivity contribution in [3.05, 3.63) is 76.3 Å². The Morgan fingerprint density at radius 3 is 2.72 bits per heavy atom. The Bertz CT molecular complexity index is 1110. The van der Waals surface area contributed by atoms with Gasteiger partial charge in [0.1, 0.15) is 5.82 Å². The number of rotatable bonds is 6. The van der Waals surface area contributed by atoms with E-state index >= 15 is 0 Å². The van der Waals surface area contributed by atoms with Gasteiger partial charge in [-0.05, 0) is 55.2 Å². The molecule has 168 valence electrons. The minimum atomic E-state index is -0.323.